The second kappa shape index (κ2) is 13.8. The Morgan fingerprint density at radius 2 is 1.33 bits per heavy atom. The van der Waals surface area contributed by atoms with Crippen LogP contribution in [-0.2, 0) is 28.5 Å². The minimum Gasteiger partial charge on any atom is -0.394 e. The van der Waals surface area contributed by atoms with Crippen LogP contribution in [0.1, 0.15) is 13.8 Å². The topological polar surface area (TPSA) is 257 Å². The van der Waals surface area contributed by atoms with Crippen LogP contribution in [0.15, 0.2) is 0 Å². The third-order valence-corrected chi connectivity index (χ3v) is 5.87. The Kier molecular flexibility index (Phi) is 11.8. The second-order valence-corrected chi connectivity index (χ2v) is 8.58. The van der Waals surface area contributed by atoms with E-state index in [1.165, 1.54) is 0 Å². The standard InChI is InChI=1S/C20H36N2O14/c1-7(27)21-13-17(32)15(30)11(5-25)34-19(13)36-18-14(22-8(2)28)20(35-12(6-26)16(18)31)33-10(4-24)9(29)3-23/h9-20,23-26,29-32H,3-6H2,1-2H3,(H,21,27)(H,22,28)/t9-,10+,11-,12-,13-,14-,15+,16+,17-,18-,19-,20-/m1/s1. The lowest BCUT2D eigenvalue weighted by atomic mass is 9.94. The Morgan fingerprint density at radius 3 is 1.83 bits per heavy atom. The van der Waals surface area contributed by atoms with Gasteiger partial charge in [0.1, 0.15) is 60.9 Å². The van der Waals surface area contributed by atoms with Gasteiger partial charge >= 0.3 is 0 Å². The van der Waals surface area contributed by atoms with E-state index in [0.29, 0.717) is 0 Å². The third-order valence-electron chi connectivity index (χ3n) is 5.87. The van der Waals surface area contributed by atoms with Crippen molar-refractivity contribution in [1.82, 2.24) is 10.6 Å². The van der Waals surface area contributed by atoms with Crippen molar-refractivity contribution in [3.63, 3.8) is 0 Å². The fourth-order valence-electron chi connectivity index (χ4n) is 4.02. The molecule has 0 radical (unpaired) electrons. The molecule has 0 saturated carbocycles. The first-order valence-corrected chi connectivity index (χ1v) is 11.3. The number of hydrogen-bond acceptors (Lipinski definition) is 14. The maximum Gasteiger partial charge on any atom is 0.217 e. The summed E-state index contributed by atoms with van der Waals surface area (Å²) < 4.78 is 22.4. The van der Waals surface area contributed by atoms with Crippen molar-refractivity contribution in [2.45, 2.75) is 87.3 Å². The molecule has 0 bridgehead atoms. The molecule has 2 aliphatic rings. The number of hydrogen-bond donors (Lipinski definition) is 10. The van der Waals surface area contributed by atoms with Gasteiger partial charge in [-0.3, -0.25) is 9.59 Å². The van der Waals surface area contributed by atoms with Crippen molar-refractivity contribution >= 4 is 11.8 Å². The number of carbonyl (C=O) groups excluding carboxylic acids is 2. The summed E-state index contributed by atoms with van der Waals surface area (Å²) in [6, 6.07) is -2.76. The highest BCUT2D eigenvalue weighted by molar-refractivity contribution is 5.73. The van der Waals surface area contributed by atoms with E-state index in [9.17, 15) is 50.4 Å². The zero-order chi connectivity index (χ0) is 27.2. The molecule has 0 aromatic heterocycles. The number of aliphatic hydroxyl groups excluding tert-OH is 8. The maximum atomic E-state index is 12.0. The van der Waals surface area contributed by atoms with Crippen LogP contribution < -0.4 is 10.6 Å². The van der Waals surface area contributed by atoms with Gasteiger partial charge in [-0.1, -0.05) is 0 Å². The summed E-state index contributed by atoms with van der Waals surface area (Å²) in [7, 11) is 0. The van der Waals surface area contributed by atoms with Gasteiger partial charge in [0.05, 0.1) is 26.4 Å². The molecule has 210 valence electrons. The summed E-state index contributed by atoms with van der Waals surface area (Å²) >= 11 is 0. The molecule has 0 spiro atoms. The van der Waals surface area contributed by atoms with E-state index in [-0.39, 0.29) is 0 Å². The average Bonchev–Trinajstić information content (AvgIpc) is 2.83. The molecule has 0 aliphatic carbocycles. The summed E-state index contributed by atoms with van der Waals surface area (Å²) in [5.74, 6) is -1.27. The lowest BCUT2D eigenvalue weighted by Gasteiger charge is -2.48. The normalized spacial score (nSPS) is 38.7. The lowest BCUT2D eigenvalue weighted by molar-refractivity contribution is -0.336. The minimum atomic E-state index is -1.67. The molecule has 2 aliphatic heterocycles. The van der Waals surface area contributed by atoms with Crippen LogP contribution in [-0.4, -0.2) is 153 Å². The van der Waals surface area contributed by atoms with Crippen LogP contribution in [0, 0.1) is 0 Å². The first kappa shape index (κ1) is 30.7. The Hall–Kier alpha value is -1.54. The van der Waals surface area contributed by atoms with Crippen molar-refractivity contribution in [3.05, 3.63) is 0 Å². The van der Waals surface area contributed by atoms with Crippen molar-refractivity contribution in [1.29, 1.82) is 0 Å². The zero-order valence-corrected chi connectivity index (χ0v) is 19.8. The van der Waals surface area contributed by atoms with Gasteiger partial charge < -0.3 is 70.4 Å². The van der Waals surface area contributed by atoms with E-state index in [1.54, 1.807) is 0 Å². The molecule has 0 aromatic carbocycles. The Bertz CT molecular complexity index is 716. The highest BCUT2D eigenvalue weighted by Crippen LogP contribution is 2.30. The largest absolute Gasteiger partial charge is 0.394 e. The van der Waals surface area contributed by atoms with Crippen LogP contribution in [0.25, 0.3) is 0 Å². The van der Waals surface area contributed by atoms with Crippen LogP contribution >= 0.6 is 0 Å². The molecule has 2 heterocycles. The van der Waals surface area contributed by atoms with Crippen molar-refractivity contribution < 1.29 is 69.4 Å². The predicted molar refractivity (Wildman–Crippen MR) is 115 cm³/mol. The molecule has 0 aromatic rings. The van der Waals surface area contributed by atoms with Gasteiger partial charge in [-0.05, 0) is 0 Å². The number of ether oxygens (including phenoxy) is 4. The van der Waals surface area contributed by atoms with Crippen LogP contribution in [0.4, 0.5) is 0 Å². The van der Waals surface area contributed by atoms with E-state index in [1.807, 2.05) is 0 Å². The Labute approximate surface area is 206 Å². The Balaban J connectivity index is 2.42. The van der Waals surface area contributed by atoms with Gasteiger partial charge in [-0.15, -0.1) is 0 Å². The highest BCUT2D eigenvalue weighted by Gasteiger charge is 2.52. The molecular formula is C20H36N2O14. The van der Waals surface area contributed by atoms with Gasteiger partial charge in [0, 0.05) is 13.8 Å². The summed E-state index contributed by atoms with van der Waals surface area (Å²) in [6.07, 6.45) is -15.3. The molecule has 2 rings (SSSR count). The summed E-state index contributed by atoms with van der Waals surface area (Å²) in [5, 5.41) is 84.3. The molecule has 16 nitrogen and oxygen atoms in total. The molecule has 16 heteroatoms. The number of carbonyl (C=O) groups is 2. The molecule has 12 atom stereocenters. The van der Waals surface area contributed by atoms with E-state index in [2.05, 4.69) is 10.6 Å². The summed E-state index contributed by atoms with van der Waals surface area (Å²) in [4.78, 5) is 23.7. The van der Waals surface area contributed by atoms with Gasteiger partial charge in [-0.25, -0.2) is 0 Å². The van der Waals surface area contributed by atoms with Crippen molar-refractivity contribution in [2.75, 3.05) is 26.4 Å². The fourth-order valence-corrected chi connectivity index (χ4v) is 4.02. The zero-order valence-electron chi connectivity index (χ0n) is 19.8. The van der Waals surface area contributed by atoms with Gasteiger partial charge in [0.25, 0.3) is 0 Å². The molecule has 10 N–H and O–H groups in total. The van der Waals surface area contributed by atoms with Crippen LogP contribution in [0.2, 0.25) is 0 Å². The third kappa shape index (κ3) is 7.27. The number of aliphatic hydroxyl groups is 8. The first-order chi connectivity index (χ1) is 17.0. The number of nitrogens with one attached hydrogen (secondary N) is 2. The molecule has 0 unspecified atom stereocenters. The lowest BCUT2D eigenvalue weighted by Crippen LogP contribution is -2.70. The molecular weight excluding hydrogens is 492 g/mol. The monoisotopic (exact) mass is 528 g/mol. The molecule has 2 fully saturated rings. The second-order valence-electron chi connectivity index (χ2n) is 8.58. The van der Waals surface area contributed by atoms with E-state index >= 15 is 0 Å². The van der Waals surface area contributed by atoms with Gasteiger partial charge in [0.2, 0.25) is 11.8 Å². The summed E-state index contributed by atoms with van der Waals surface area (Å²) in [5.41, 5.74) is 0. The van der Waals surface area contributed by atoms with Crippen molar-refractivity contribution in [3.8, 4) is 0 Å². The van der Waals surface area contributed by atoms with Crippen LogP contribution in [0.5, 0.6) is 0 Å². The number of rotatable bonds is 11. The summed E-state index contributed by atoms with van der Waals surface area (Å²) in [6.45, 7) is -0.800. The number of amides is 2. The fraction of sp³-hybridized carbons (Fsp3) is 0.900. The molecule has 2 amide bonds. The maximum absolute atomic E-state index is 12.0. The quantitative estimate of drug-likeness (QED) is 0.120. The average molecular weight is 529 g/mol. The van der Waals surface area contributed by atoms with E-state index < -0.39 is 112 Å². The highest BCUT2D eigenvalue weighted by atomic mass is 16.7. The smallest absolute Gasteiger partial charge is 0.217 e. The Morgan fingerprint density at radius 1 is 0.806 bits per heavy atom. The van der Waals surface area contributed by atoms with E-state index in [0.717, 1.165) is 13.8 Å². The van der Waals surface area contributed by atoms with Crippen molar-refractivity contribution in [2.24, 2.45) is 0 Å². The molecule has 36 heavy (non-hydrogen) atoms. The van der Waals surface area contributed by atoms with Crippen LogP contribution in [0.3, 0.4) is 0 Å². The SMILES string of the molecule is CC(=O)N[C@H]1[C@@H](O[C@H]2[C@@H](O)[C@@H](CO)O[C@@H](O[C@@H](CO)[C@H](O)CO)[C@@H]2NC(C)=O)O[C@H](CO)[C@H](O)[C@@H]1O. The van der Waals surface area contributed by atoms with Gasteiger partial charge in [0.15, 0.2) is 12.6 Å². The van der Waals surface area contributed by atoms with E-state index in [4.69, 9.17) is 18.9 Å². The molecule has 2 saturated heterocycles. The first-order valence-electron chi connectivity index (χ1n) is 11.3. The predicted octanol–water partition coefficient (Wildman–Crippen LogP) is -6.37. The van der Waals surface area contributed by atoms with Gasteiger partial charge in [-0.2, -0.15) is 0 Å². The minimum absolute atomic E-state index is 0.630.